The van der Waals surface area contributed by atoms with Crippen molar-refractivity contribution in [1.82, 2.24) is 14.9 Å². The maximum absolute atomic E-state index is 11.8. The summed E-state index contributed by atoms with van der Waals surface area (Å²) in [5, 5.41) is 15.0. The van der Waals surface area contributed by atoms with Crippen LogP contribution in [0.3, 0.4) is 0 Å². The van der Waals surface area contributed by atoms with Crippen LogP contribution in [0, 0.1) is 13.8 Å². The lowest BCUT2D eigenvalue weighted by atomic mass is 10.4. The smallest absolute Gasteiger partial charge is 0.244 e. The van der Waals surface area contributed by atoms with Crippen molar-refractivity contribution >= 4 is 10.0 Å². The Balaban J connectivity index is 2.87. The van der Waals surface area contributed by atoms with Crippen molar-refractivity contribution in [3.63, 3.8) is 0 Å². The first-order valence-corrected chi connectivity index (χ1v) is 6.09. The quantitative estimate of drug-likeness (QED) is 0.608. The molecule has 1 rings (SSSR count). The second kappa shape index (κ2) is 4.73. The fraction of sp³-hybridized carbons (Fsp3) is 0.625. The molecule has 0 saturated carbocycles. The minimum Gasteiger partial charge on any atom is -0.396 e. The summed E-state index contributed by atoms with van der Waals surface area (Å²) in [6.45, 7) is 3.47. The summed E-state index contributed by atoms with van der Waals surface area (Å²) >= 11 is 0. The molecule has 6 nitrogen and oxygen atoms in total. The number of hydrogen-bond acceptors (Lipinski definition) is 4. The predicted molar refractivity (Wildman–Crippen MR) is 55.0 cm³/mol. The molecule has 1 aromatic rings. The minimum atomic E-state index is -3.51. The highest BCUT2D eigenvalue weighted by Crippen LogP contribution is 2.15. The summed E-state index contributed by atoms with van der Waals surface area (Å²) in [7, 11) is -3.51. The molecule has 0 aromatic carbocycles. The maximum Gasteiger partial charge on any atom is 0.244 e. The van der Waals surface area contributed by atoms with Gasteiger partial charge in [-0.15, -0.1) is 0 Å². The SMILES string of the molecule is Cc1n[nH]c(C)c1S(=O)(=O)NCCCO. The van der Waals surface area contributed by atoms with Crippen molar-refractivity contribution in [2.45, 2.75) is 25.2 Å². The number of rotatable bonds is 5. The molecule has 86 valence electrons. The molecule has 0 unspecified atom stereocenters. The van der Waals surface area contributed by atoms with Gasteiger partial charge in [-0.1, -0.05) is 0 Å². The molecular formula is C8H15N3O3S. The molecule has 15 heavy (non-hydrogen) atoms. The largest absolute Gasteiger partial charge is 0.396 e. The van der Waals surface area contributed by atoms with E-state index in [-0.39, 0.29) is 18.0 Å². The molecule has 0 radical (unpaired) electrons. The van der Waals surface area contributed by atoms with Crippen molar-refractivity contribution in [2.75, 3.05) is 13.2 Å². The van der Waals surface area contributed by atoms with Crippen LogP contribution in [0.1, 0.15) is 17.8 Å². The Morgan fingerprint density at radius 3 is 2.60 bits per heavy atom. The van der Waals surface area contributed by atoms with E-state index in [0.29, 0.717) is 17.8 Å². The molecule has 7 heteroatoms. The van der Waals surface area contributed by atoms with E-state index in [1.165, 1.54) is 0 Å². The molecule has 0 aliphatic heterocycles. The van der Waals surface area contributed by atoms with E-state index in [2.05, 4.69) is 14.9 Å². The van der Waals surface area contributed by atoms with Gasteiger partial charge in [-0.2, -0.15) is 5.10 Å². The standard InChI is InChI=1S/C8H15N3O3S/c1-6-8(7(2)11-10-6)15(13,14)9-4-3-5-12/h9,12H,3-5H2,1-2H3,(H,10,11). The van der Waals surface area contributed by atoms with Crippen molar-refractivity contribution in [3.05, 3.63) is 11.4 Å². The maximum atomic E-state index is 11.8. The Hall–Kier alpha value is -0.920. The Labute approximate surface area is 88.8 Å². The van der Waals surface area contributed by atoms with Gasteiger partial charge in [0, 0.05) is 13.2 Å². The molecule has 1 heterocycles. The molecule has 0 saturated heterocycles. The van der Waals surface area contributed by atoms with Gasteiger partial charge in [-0.3, -0.25) is 5.10 Å². The van der Waals surface area contributed by atoms with Gasteiger partial charge in [0.05, 0.1) is 11.4 Å². The fourth-order valence-corrected chi connectivity index (χ4v) is 2.74. The first kappa shape index (κ1) is 12.2. The van der Waals surface area contributed by atoms with Crippen LogP contribution in [0.15, 0.2) is 4.90 Å². The number of nitrogens with zero attached hydrogens (tertiary/aromatic N) is 1. The number of aliphatic hydroxyl groups is 1. The number of aliphatic hydroxyl groups excluding tert-OH is 1. The summed E-state index contributed by atoms with van der Waals surface area (Å²) in [4.78, 5) is 0.195. The number of aromatic amines is 1. The van der Waals surface area contributed by atoms with E-state index in [1.807, 2.05) is 0 Å². The Bertz CT molecular complexity index is 405. The normalized spacial score (nSPS) is 11.9. The van der Waals surface area contributed by atoms with Gasteiger partial charge in [-0.25, -0.2) is 13.1 Å². The minimum absolute atomic E-state index is 0.0358. The molecular weight excluding hydrogens is 218 g/mol. The third-order valence-corrected chi connectivity index (χ3v) is 3.68. The number of H-pyrrole nitrogens is 1. The first-order chi connectivity index (χ1) is 6.99. The molecule has 0 fully saturated rings. The lowest BCUT2D eigenvalue weighted by Gasteiger charge is -2.05. The van der Waals surface area contributed by atoms with E-state index in [0.717, 1.165) is 0 Å². The molecule has 0 bridgehead atoms. The van der Waals surface area contributed by atoms with Crippen LogP contribution in [0.4, 0.5) is 0 Å². The van der Waals surface area contributed by atoms with Gasteiger partial charge < -0.3 is 5.11 Å². The van der Waals surface area contributed by atoms with E-state index < -0.39 is 10.0 Å². The van der Waals surface area contributed by atoms with Crippen LogP contribution in [-0.2, 0) is 10.0 Å². The monoisotopic (exact) mass is 233 g/mol. The number of aromatic nitrogens is 2. The second-order valence-electron chi connectivity index (χ2n) is 3.24. The topological polar surface area (TPSA) is 95.1 Å². The van der Waals surface area contributed by atoms with Gasteiger partial charge in [0.15, 0.2) is 0 Å². The van der Waals surface area contributed by atoms with Gasteiger partial charge in [0.25, 0.3) is 0 Å². The summed E-state index contributed by atoms with van der Waals surface area (Å²) in [5.41, 5.74) is 0.966. The second-order valence-corrected chi connectivity index (χ2v) is 4.94. The van der Waals surface area contributed by atoms with Crippen molar-refractivity contribution in [3.8, 4) is 0 Å². The number of nitrogens with one attached hydrogen (secondary N) is 2. The molecule has 3 N–H and O–H groups in total. The third kappa shape index (κ3) is 2.77. The Morgan fingerprint density at radius 1 is 1.47 bits per heavy atom. The molecule has 0 aliphatic carbocycles. The van der Waals surface area contributed by atoms with Gasteiger partial charge in [-0.05, 0) is 20.3 Å². The van der Waals surface area contributed by atoms with Crippen molar-refractivity contribution in [1.29, 1.82) is 0 Å². The van der Waals surface area contributed by atoms with Crippen LogP contribution in [0.25, 0.3) is 0 Å². The van der Waals surface area contributed by atoms with Crippen LogP contribution in [0.2, 0.25) is 0 Å². The predicted octanol–water partition coefficient (Wildman–Crippen LogP) is -0.313. The van der Waals surface area contributed by atoms with Gasteiger partial charge in [0.1, 0.15) is 4.90 Å². The highest BCUT2D eigenvalue weighted by Gasteiger charge is 2.21. The van der Waals surface area contributed by atoms with E-state index >= 15 is 0 Å². The number of aryl methyl sites for hydroxylation is 2. The Morgan fingerprint density at radius 2 is 2.13 bits per heavy atom. The van der Waals surface area contributed by atoms with E-state index in [9.17, 15) is 8.42 Å². The zero-order valence-corrected chi connectivity index (χ0v) is 9.56. The lowest BCUT2D eigenvalue weighted by molar-refractivity contribution is 0.289. The molecule has 0 atom stereocenters. The zero-order valence-electron chi connectivity index (χ0n) is 8.74. The van der Waals surface area contributed by atoms with Crippen LogP contribution >= 0.6 is 0 Å². The molecule has 0 amide bonds. The summed E-state index contributed by atoms with van der Waals surface area (Å²) < 4.78 is 25.9. The van der Waals surface area contributed by atoms with E-state index in [4.69, 9.17) is 5.11 Å². The first-order valence-electron chi connectivity index (χ1n) is 4.61. The molecule has 0 aliphatic rings. The zero-order chi connectivity index (χ0) is 11.5. The van der Waals surface area contributed by atoms with Crippen LogP contribution < -0.4 is 4.72 Å². The number of hydrogen-bond donors (Lipinski definition) is 3. The average Bonchev–Trinajstić information content (AvgIpc) is 2.46. The summed E-state index contributed by atoms with van der Waals surface area (Å²) in [6, 6.07) is 0. The fourth-order valence-electron chi connectivity index (χ4n) is 1.29. The molecule has 0 spiro atoms. The molecule has 1 aromatic heterocycles. The van der Waals surface area contributed by atoms with Crippen molar-refractivity contribution < 1.29 is 13.5 Å². The number of sulfonamides is 1. The Kier molecular flexibility index (Phi) is 3.83. The third-order valence-electron chi connectivity index (χ3n) is 1.96. The van der Waals surface area contributed by atoms with Crippen LogP contribution in [0.5, 0.6) is 0 Å². The van der Waals surface area contributed by atoms with Gasteiger partial charge in [0.2, 0.25) is 10.0 Å². The van der Waals surface area contributed by atoms with Crippen molar-refractivity contribution in [2.24, 2.45) is 0 Å². The lowest BCUT2D eigenvalue weighted by Crippen LogP contribution is -2.26. The highest BCUT2D eigenvalue weighted by molar-refractivity contribution is 7.89. The summed E-state index contributed by atoms with van der Waals surface area (Å²) in [6.07, 6.45) is 0.398. The van der Waals surface area contributed by atoms with Gasteiger partial charge >= 0.3 is 0 Å². The van der Waals surface area contributed by atoms with Crippen LogP contribution in [-0.4, -0.2) is 36.9 Å². The summed E-state index contributed by atoms with van der Waals surface area (Å²) in [5.74, 6) is 0. The van der Waals surface area contributed by atoms with E-state index in [1.54, 1.807) is 13.8 Å². The average molecular weight is 233 g/mol. The highest BCUT2D eigenvalue weighted by atomic mass is 32.2.